The van der Waals surface area contributed by atoms with Crippen LogP contribution < -0.4 is 5.32 Å². The Morgan fingerprint density at radius 3 is 2.95 bits per heavy atom. The van der Waals surface area contributed by atoms with Crippen LogP contribution in [0.1, 0.15) is 11.3 Å². The molecule has 0 amide bonds. The van der Waals surface area contributed by atoms with Crippen molar-refractivity contribution >= 4 is 17.3 Å². The monoisotopic (exact) mass is 288 g/mol. The molecule has 0 aliphatic rings. The third-order valence-electron chi connectivity index (χ3n) is 2.83. The molecule has 0 radical (unpaired) electrons. The molecule has 0 aliphatic carbocycles. The molecule has 2 aromatic heterocycles. The molecule has 3 rings (SSSR count). The van der Waals surface area contributed by atoms with E-state index >= 15 is 0 Å². The largest absolute Gasteiger partial charge is 0.448 e. The van der Waals surface area contributed by atoms with Gasteiger partial charge in [0.2, 0.25) is 0 Å². The van der Waals surface area contributed by atoms with Gasteiger partial charge in [0.15, 0.2) is 5.22 Å². The third kappa shape index (κ3) is 3.19. The lowest BCUT2D eigenvalue weighted by Crippen LogP contribution is -2.02. The van der Waals surface area contributed by atoms with E-state index in [-0.39, 0.29) is 0 Å². The van der Waals surface area contributed by atoms with Gasteiger partial charge >= 0.3 is 0 Å². The second-order valence-corrected chi connectivity index (χ2v) is 4.73. The molecule has 0 saturated heterocycles. The van der Waals surface area contributed by atoms with Crippen LogP contribution in [0.4, 0.5) is 5.69 Å². The first-order chi connectivity index (χ1) is 9.79. The lowest BCUT2D eigenvalue weighted by molar-refractivity contribution is 0.520. The number of nitrogens with zero attached hydrogens (tertiary/aromatic N) is 3. The van der Waals surface area contributed by atoms with E-state index in [0.29, 0.717) is 18.3 Å². The van der Waals surface area contributed by atoms with Crippen LogP contribution in [0.25, 0.3) is 0 Å². The summed E-state index contributed by atoms with van der Waals surface area (Å²) in [6, 6.07) is 11.7. The first-order valence-electron chi connectivity index (χ1n) is 6.19. The Morgan fingerprint density at radius 2 is 2.20 bits per heavy atom. The van der Waals surface area contributed by atoms with Crippen molar-refractivity contribution in [1.29, 1.82) is 0 Å². The molecule has 0 unspecified atom stereocenters. The minimum Gasteiger partial charge on any atom is -0.448 e. The SMILES string of the molecule is Clc1ccc(CNc2cccc(Cn3cncn3)c2)o1. The summed E-state index contributed by atoms with van der Waals surface area (Å²) in [7, 11) is 0. The van der Waals surface area contributed by atoms with E-state index in [2.05, 4.69) is 27.5 Å². The standard InChI is InChI=1S/C14H13ClN4O/c15-14-5-4-13(20-14)7-17-12-3-1-2-11(6-12)8-19-10-16-9-18-19/h1-6,9-10,17H,7-8H2. The number of halogens is 1. The van der Waals surface area contributed by atoms with E-state index in [4.69, 9.17) is 16.0 Å². The maximum atomic E-state index is 5.74. The van der Waals surface area contributed by atoms with Crippen LogP contribution in [-0.2, 0) is 13.1 Å². The number of hydrogen-bond acceptors (Lipinski definition) is 4. The van der Waals surface area contributed by atoms with Crippen LogP contribution in [-0.4, -0.2) is 14.8 Å². The fraction of sp³-hybridized carbons (Fsp3) is 0.143. The number of anilines is 1. The van der Waals surface area contributed by atoms with Gasteiger partial charge < -0.3 is 9.73 Å². The molecule has 1 N–H and O–H groups in total. The van der Waals surface area contributed by atoms with Crippen LogP contribution in [0.3, 0.4) is 0 Å². The summed E-state index contributed by atoms with van der Waals surface area (Å²) in [5.74, 6) is 0.802. The van der Waals surface area contributed by atoms with Crippen molar-refractivity contribution in [3.05, 3.63) is 65.6 Å². The van der Waals surface area contributed by atoms with Crippen molar-refractivity contribution in [2.75, 3.05) is 5.32 Å². The Labute approximate surface area is 121 Å². The van der Waals surface area contributed by atoms with Crippen molar-refractivity contribution < 1.29 is 4.42 Å². The highest BCUT2D eigenvalue weighted by atomic mass is 35.5. The number of rotatable bonds is 5. The predicted octanol–water partition coefficient (Wildman–Crippen LogP) is 3.18. The second-order valence-electron chi connectivity index (χ2n) is 4.35. The number of hydrogen-bond donors (Lipinski definition) is 1. The first-order valence-corrected chi connectivity index (χ1v) is 6.57. The van der Waals surface area contributed by atoms with E-state index in [9.17, 15) is 0 Å². The summed E-state index contributed by atoms with van der Waals surface area (Å²) < 4.78 is 7.08. The molecule has 0 atom stereocenters. The van der Waals surface area contributed by atoms with Gasteiger partial charge in [0, 0.05) is 5.69 Å². The highest BCUT2D eigenvalue weighted by Gasteiger charge is 2.01. The van der Waals surface area contributed by atoms with Crippen LogP contribution >= 0.6 is 11.6 Å². The Morgan fingerprint density at radius 1 is 1.25 bits per heavy atom. The van der Waals surface area contributed by atoms with Crippen LogP contribution in [0.2, 0.25) is 5.22 Å². The van der Waals surface area contributed by atoms with Crippen molar-refractivity contribution in [3.63, 3.8) is 0 Å². The van der Waals surface area contributed by atoms with Crippen LogP contribution in [0.5, 0.6) is 0 Å². The highest BCUT2D eigenvalue weighted by Crippen LogP contribution is 2.16. The minimum absolute atomic E-state index is 0.404. The van der Waals surface area contributed by atoms with Gasteiger partial charge in [-0.25, -0.2) is 9.67 Å². The van der Waals surface area contributed by atoms with Crippen molar-refractivity contribution in [3.8, 4) is 0 Å². The predicted molar refractivity (Wildman–Crippen MR) is 76.6 cm³/mol. The molecule has 0 aliphatic heterocycles. The minimum atomic E-state index is 0.404. The number of aromatic nitrogens is 3. The summed E-state index contributed by atoms with van der Waals surface area (Å²) in [4.78, 5) is 3.93. The third-order valence-corrected chi connectivity index (χ3v) is 3.04. The van der Waals surface area contributed by atoms with Gasteiger partial charge in [0.05, 0.1) is 13.1 Å². The molecule has 0 fully saturated rings. The van der Waals surface area contributed by atoms with Crippen LogP contribution in [0.15, 0.2) is 53.5 Å². The van der Waals surface area contributed by atoms with Crippen molar-refractivity contribution in [2.24, 2.45) is 0 Å². The van der Waals surface area contributed by atoms with E-state index in [1.807, 2.05) is 18.2 Å². The maximum Gasteiger partial charge on any atom is 0.193 e. The Hall–Kier alpha value is -2.27. The van der Waals surface area contributed by atoms with Gasteiger partial charge in [-0.1, -0.05) is 12.1 Å². The molecular weight excluding hydrogens is 276 g/mol. The van der Waals surface area contributed by atoms with Gasteiger partial charge in [-0.2, -0.15) is 5.10 Å². The summed E-state index contributed by atoms with van der Waals surface area (Å²) >= 11 is 5.74. The van der Waals surface area contributed by atoms with Crippen LogP contribution in [0, 0.1) is 0 Å². The Balaban J connectivity index is 1.65. The second kappa shape index (κ2) is 5.79. The molecule has 0 bridgehead atoms. The lowest BCUT2D eigenvalue weighted by atomic mass is 10.2. The smallest absolute Gasteiger partial charge is 0.193 e. The van der Waals surface area contributed by atoms with Gasteiger partial charge in [-0.3, -0.25) is 0 Å². The highest BCUT2D eigenvalue weighted by molar-refractivity contribution is 6.28. The summed E-state index contributed by atoms with van der Waals surface area (Å²) in [6.45, 7) is 1.29. The summed E-state index contributed by atoms with van der Waals surface area (Å²) in [5.41, 5.74) is 2.17. The molecular formula is C14H13ClN4O. The Kier molecular flexibility index (Phi) is 3.69. The average Bonchev–Trinajstić information content (AvgIpc) is 3.09. The zero-order valence-electron chi connectivity index (χ0n) is 10.7. The van der Waals surface area contributed by atoms with Gasteiger partial charge in [-0.05, 0) is 41.4 Å². The van der Waals surface area contributed by atoms with E-state index < -0.39 is 0 Å². The summed E-state index contributed by atoms with van der Waals surface area (Å²) in [5, 5.41) is 7.79. The maximum absolute atomic E-state index is 5.74. The number of benzene rings is 1. The molecule has 102 valence electrons. The molecule has 1 aromatic carbocycles. The van der Waals surface area contributed by atoms with Crippen molar-refractivity contribution in [1.82, 2.24) is 14.8 Å². The normalized spacial score (nSPS) is 10.7. The molecule has 2 heterocycles. The Bertz CT molecular complexity index is 678. The fourth-order valence-electron chi connectivity index (χ4n) is 1.92. The molecule has 0 spiro atoms. The number of nitrogens with one attached hydrogen (secondary N) is 1. The zero-order chi connectivity index (χ0) is 13.8. The molecule has 6 heteroatoms. The van der Waals surface area contributed by atoms with Gasteiger partial charge in [-0.15, -0.1) is 0 Å². The molecule has 5 nitrogen and oxygen atoms in total. The average molecular weight is 289 g/mol. The van der Waals surface area contributed by atoms with Crippen molar-refractivity contribution in [2.45, 2.75) is 13.1 Å². The zero-order valence-corrected chi connectivity index (χ0v) is 11.4. The molecule has 0 saturated carbocycles. The number of furan rings is 1. The molecule has 3 aromatic rings. The quantitative estimate of drug-likeness (QED) is 0.783. The van der Waals surface area contributed by atoms with E-state index in [1.165, 1.54) is 6.33 Å². The first kappa shape index (κ1) is 12.7. The van der Waals surface area contributed by atoms with E-state index in [0.717, 1.165) is 17.0 Å². The lowest BCUT2D eigenvalue weighted by Gasteiger charge is -2.07. The van der Waals surface area contributed by atoms with Gasteiger partial charge in [0.25, 0.3) is 0 Å². The van der Waals surface area contributed by atoms with Gasteiger partial charge in [0.1, 0.15) is 18.4 Å². The molecule has 20 heavy (non-hydrogen) atoms. The summed E-state index contributed by atoms with van der Waals surface area (Å²) in [6.07, 6.45) is 3.23. The van der Waals surface area contributed by atoms with E-state index in [1.54, 1.807) is 17.1 Å². The topological polar surface area (TPSA) is 55.9 Å². The fourth-order valence-corrected chi connectivity index (χ4v) is 2.08.